The topological polar surface area (TPSA) is 94.6 Å². The van der Waals surface area contributed by atoms with Crippen molar-refractivity contribution < 1.29 is 19.0 Å². The number of nitrogens with zero attached hydrogens (tertiary/aromatic N) is 2. The van der Waals surface area contributed by atoms with Crippen molar-refractivity contribution in [3.8, 4) is 17.2 Å². The summed E-state index contributed by atoms with van der Waals surface area (Å²) < 4.78 is 17.5. The van der Waals surface area contributed by atoms with Crippen molar-refractivity contribution in [1.29, 1.82) is 0 Å². The smallest absolute Gasteiger partial charge is 0.230 e. The lowest BCUT2D eigenvalue weighted by molar-refractivity contribution is -0.119. The number of para-hydroxylation sites is 4. The normalized spacial score (nSPS) is 14.8. The quantitative estimate of drug-likeness (QED) is 0.511. The van der Waals surface area contributed by atoms with E-state index in [0.717, 1.165) is 17.2 Å². The maximum atomic E-state index is 12.2. The summed E-state index contributed by atoms with van der Waals surface area (Å²) >= 11 is 2.71. The molecular formula is C20H20N4O4S2. The number of methoxy groups -OCH3 is 1. The second-order valence-electron chi connectivity index (χ2n) is 6.29. The number of aromatic nitrogens is 2. The molecule has 1 atom stereocenters. The number of carbonyl (C=O) groups is 1. The van der Waals surface area contributed by atoms with Crippen LogP contribution in [0.2, 0.25) is 0 Å². The van der Waals surface area contributed by atoms with Crippen molar-refractivity contribution >= 4 is 39.8 Å². The Morgan fingerprint density at radius 2 is 2.00 bits per heavy atom. The van der Waals surface area contributed by atoms with E-state index in [0.29, 0.717) is 28.4 Å². The summed E-state index contributed by atoms with van der Waals surface area (Å²) in [4.78, 5) is 12.2. The fourth-order valence-electron chi connectivity index (χ4n) is 2.75. The van der Waals surface area contributed by atoms with Gasteiger partial charge in [0.25, 0.3) is 0 Å². The van der Waals surface area contributed by atoms with E-state index in [2.05, 4.69) is 20.8 Å². The average molecular weight is 445 g/mol. The highest BCUT2D eigenvalue weighted by Gasteiger charge is 2.21. The molecule has 8 nitrogen and oxygen atoms in total. The Balaban J connectivity index is 1.22. The lowest BCUT2D eigenvalue weighted by atomic mass is 10.2. The highest BCUT2D eigenvalue weighted by Crippen LogP contribution is 2.32. The number of ether oxygens (including phenoxy) is 3. The van der Waals surface area contributed by atoms with Gasteiger partial charge in [-0.15, -0.1) is 10.2 Å². The molecule has 0 fully saturated rings. The SMILES string of the molecule is COc1ccccc1Nc1nnc(SCC(=O)NCC2COc3ccccc3O2)s1. The van der Waals surface area contributed by atoms with Crippen LogP contribution < -0.4 is 24.8 Å². The van der Waals surface area contributed by atoms with Crippen LogP contribution in [-0.4, -0.2) is 48.2 Å². The number of carbonyl (C=O) groups excluding carboxylic acids is 1. The summed E-state index contributed by atoms with van der Waals surface area (Å²) in [6.07, 6.45) is -0.216. The number of amides is 1. The van der Waals surface area contributed by atoms with E-state index in [1.54, 1.807) is 7.11 Å². The van der Waals surface area contributed by atoms with Gasteiger partial charge in [0.05, 0.1) is 25.1 Å². The van der Waals surface area contributed by atoms with Crippen molar-refractivity contribution in [3.63, 3.8) is 0 Å². The van der Waals surface area contributed by atoms with Gasteiger partial charge >= 0.3 is 0 Å². The van der Waals surface area contributed by atoms with Gasteiger partial charge in [0.2, 0.25) is 11.0 Å². The first-order valence-corrected chi connectivity index (χ1v) is 11.0. The Labute approximate surface area is 182 Å². The van der Waals surface area contributed by atoms with Crippen LogP contribution in [0.1, 0.15) is 0 Å². The minimum atomic E-state index is -0.216. The Morgan fingerprint density at radius 1 is 1.20 bits per heavy atom. The molecule has 1 amide bonds. The Kier molecular flexibility index (Phi) is 6.55. The second kappa shape index (κ2) is 9.68. The molecule has 0 saturated heterocycles. The Bertz CT molecular complexity index is 1010. The van der Waals surface area contributed by atoms with Crippen molar-refractivity contribution in [2.75, 3.05) is 31.3 Å². The fraction of sp³-hybridized carbons (Fsp3) is 0.250. The molecule has 2 N–H and O–H groups in total. The molecule has 1 unspecified atom stereocenters. The number of fused-ring (bicyclic) bond motifs is 1. The summed E-state index contributed by atoms with van der Waals surface area (Å²) in [7, 11) is 1.61. The number of rotatable bonds is 8. The van der Waals surface area contributed by atoms with Gasteiger partial charge in [-0.1, -0.05) is 47.4 Å². The minimum absolute atomic E-state index is 0.100. The summed E-state index contributed by atoms with van der Waals surface area (Å²) in [5.41, 5.74) is 0.807. The van der Waals surface area contributed by atoms with E-state index in [1.165, 1.54) is 23.1 Å². The molecule has 1 aromatic heterocycles. The van der Waals surface area contributed by atoms with Crippen molar-refractivity contribution in [2.24, 2.45) is 0 Å². The second-order valence-corrected chi connectivity index (χ2v) is 8.49. The third-order valence-corrected chi connectivity index (χ3v) is 6.15. The van der Waals surface area contributed by atoms with Gasteiger partial charge in [-0.2, -0.15) is 0 Å². The molecule has 1 aliphatic heterocycles. The molecule has 1 aliphatic rings. The number of thioether (sulfide) groups is 1. The molecule has 2 heterocycles. The first-order valence-electron chi connectivity index (χ1n) is 9.23. The first kappa shape index (κ1) is 20.3. The average Bonchev–Trinajstić information content (AvgIpc) is 3.24. The van der Waals surface area contributed by atoms with E-state index < -0.39 is 0 Å². The van der Waals surface area contributed by atoms with E-state index in [9.17, 15) is 4.79 Å². The molecule has 156 valence electrons. The standard InChI is InChI=1S/C20H20N4O4S2/c1-26-15-7-3-2-6-14(15)22-19-23-24-20(30-19)29-12-18(25)21-10-13-11-27-16-8-4-5-9-17(16)28-13/h2-9,13H,10-12H2,1H3,(H,21,25)(H,22,23). The fourth-order valence-corrected chi connectivity index (χ4v) is 4.35. The van der Waals surface area contributed by atoms with Gasteiger partial charge < -0.3 is 24.8 Å². The molecule has 0 spiro atoms. The van der Waals surface area contributed by atoms with Crippen molar-refractivity contribution in [1.82, 2.24) is 15.5 Å². The summed E-state index contributed by atoms with van der Waals surface area (Å²) in [5, 5.41) is 14.9. The number of anilines is 2. The van der Waals surface area contributed by atoms with E-state index in [-0.39, 0.29) is 17.8 Å². The minimum Gasteiger partial charge on any atom is -0.495 e. The van der Waals surface area contributed by atoms with Gasteiger partial charge in [-0.3, -0.25) is 4.79 Å². The van der Waals surface area contributed by atoms with Crippen LogP contribution in [0.25, 0.3) is 0 Å². The molecule has 2 aromatic carbocycles. The number of hydrogen-bond acceptors (Lipinski definition) is 9. The Hall–Kier alpha value is -2.98. The summed E-state index contributed by atoms with van der Waals surface area (Å²) in [6.45, 7) is 0.781. The predicted molar refractivity (Wildman–Crippen MR) is 116 cm³/mol. The van der Waals surface area contributed by atoms with Crippen molar-refractivity contribution in [2.45, 2.75) is 10.4 Å². The molecule has 30 heavy (non-hydrogen) atoms. The zero-order valence-corrected chi connectivity index (χ0v) is 17.8. The molecule has 0 saturated carbocycles. The zero-order valence-electron chi connectivity index (χ0n) is 16.2. The van der Waals surface area contributed by atoms with E-state index in [4.69, 9.17) is 14.2 Å². The Morgan fingerprint density at radius 3 is 2.87 bits per heavy atom. The van der Waals surface area contributed by atoms with Crippen LogP contribution >= 0.6 is 23.1 Å². The predicted octanol–water partition coefficient (Wildman–Crippen LogP) is 3.34. The van der Waals surface area contributed by atoms with Gasteiger partial charge in [0, 0.05) is 0 Å². The van der Waals surface area contributed by atoms with Crippen molar-refractivity contribution in [3.05, 3.63) is 48.5 Å². The highest BCUT2D eigenvalue weighted by molar-refractivity contribution is 8.01. The summed E-state index contributed by atoms with van der Waals surface area (Å²) in [5.74, 6) is 2.29. The van der Waals surface area contributed by atoms with E-state index >= 15 is 0 Å². The zero-order chi connectivity index (χ0) is 20.8. The number of nitrogens with one attached hydrogen (secondary N) is 2. The lowest BCUT2D eigenvalue weighted by Gasteiger charge is -2.26. The van der Waals surface area contributed by atoms with Crippen LogP contribution in [0.15, 0.2) is 52.9 Å². The highest BCUT2D eigenvalue weighted by atomic mass is 32.2. The monoisotopic (exact) mass is 444 g/mol. The van der Waals surface area contributed by atoms with Gasteiger partial charge in [0.1, 0.15) is 18.5 Å². The number of benzene rings is 2. The van der Waals surface area contributed by atoms with Crippen LogP contribution in [0, 0.1) is 0 Å². The molecule has 10 heteroatoms. The maximum absolute atomic E-state index is 12.2. The number of hydrogen-bond donors (Lipinski definition) is 2. The van der Waals surface area contributed by atoms with Gasteiger partial charge in [-0.25, -0.2) is 0 Å². The lowest BCUT2D eigenvalue weighted by Crippen LogP contribution is -2.41. The largest absolute Gasteiger partial charge is 0.495 e. The first-order chi connectivity index (χ1) is 14.7. The van der Waals surface area contributed by atoms with Crippen LogP contribution in [0.3, 0.4) is 0 Å². The molecular weight excluding hydrogens is 424 g/mol. The van der Waals surface area contributed by atoms with Gasteiger partial charge in [0.15, 0.2) is 15.8 Å². The molecule has 0 radical (unpaired) electrons. The molecule has 4 rings (SSSR count). The van der Waals surface area contributed by atoms with Crippen LogP contribution in [0.5, 0.6) is 17.2 Å². The molecule has 0 aliphatic carbocycles. The van der Waals surface area contributed by atoms with Gasteiger partial charge in [-0.05, 0) is 24.3 Å². The molecule has 0 bridgehead atoms. The van der Waals surface area contributed by atoms with E-state index in [1.807, 2.05) is 48.5 Å². The third kappa shape index (κ3) is 5.14. The maximum Gasteiger partial charge on any atom is 0.230 e. The molecule has 3 aromatic rings. The third-order valence-electron chi connectivity index (χ3n) is 4.18. The summed E-state index contributed by atoms with van der Waals surface area (Å²) in [6, 6.07) is 15.1. The van der Waals surface area contributed by atoms with Crippen LogP contribution in [-0.2, 0) is 4.79 Å². The van der Waals surface area contributed by atoms with Crippen LogP contribution in [0.4, 0.5) is 10.8 Å².